The van der Waals surface area contributed by atoms with Crippen molar-refractivity contribution >= 4 is 20.9 Å². The highest BCUT2D eigenvalue weighted by Crippen LogP contribution is 2.32. The van der Waals surface area contributed by atoms with Gasteiger partial charge in [-0.15, -0.1) is 0 Å². The summed E-state index contributed by atoms with van der Waals surface area (Å²) in [7, 11) is -4.21. The van der Waals surface area contributed by atoms with Crippen LogP contribution in [0, 0.1) is 13.8 Å². The van der Waals surface area contributed by atoms with Crippen LogP contribution in [0.3, 0.4) is 0 Å². The number of aryl methyl sites for hydroxylation is 1. The molecule has 0 aromatic heterocycles. The maximum atomic E-state index is 11.0. The smallest absolute Gasteiger partial charge is 0.294 e. The Kier molecular flexibility index (Phi) is 2.60. The second kappa shape index (κ2) is 3.72. The van der Waals surface area contributed by atoms with Crippen LogP contribution in [0.2, 0.25) is 0 Å². The molecule has 90 valence electrons. The van der Waals surface area contributed by atoms with E-state index >= 15 is 0 Å². The maximum absolute atomic E-state index is 11.0. The fourth-order valence-electron chi connectivity index (χ4n) is 1.77. The van der Waals surface area contributed by atoms with Crippen LogP contribution in [-0.4, -0.2) is 18.1 Å². The van der Waals surface area contributed by atoms with E-state index in [2.05, 4.69) is 0 Å². The second-order valence-corrected chi connectivity index (χ2v) is 5.45. The summed E-state index contributed by atoms with van der Waals surface area (Å²) in [5.74, 6) is 0.141. The Morgan fingerprint density at radius 2 is 1.76 bits per heavy atom. The van der Waals surface area contributed by atoms with Crippen molar-refractivity contribution in [2.75, 3.05) is 0 Å². The van der Waals surface area contributed by atoms with Crippen molar-refractivity contribution in [3.05, 3.63) is 35.4 Å². The SMILES string of the molecule is Cc1cc2cc(S(=O)(=O)O)ccc2c(O)c1C. The van der Waals surface area contributed by atoms with Gasteiger partial charge in [0.1, 0.15) is 5.75 Å². The van der Waals surface area contributed by atoms with E-state index in [0.29, 0.717) is 10.8 Å². The number of aromatic hydroxyl groups is 1. The highest BCUT2D eigenvalue weighted by Gasteiger charge is 2.12. The average molecular weight is 252 g/mol. The van der Waals surface area contributed by atoms with E-state index in [-0.39, 0.29) is 10.6 Å². The van der Waals surface area contributed by atoms with Gasteiger partial charge < -0.3 is 5.11 Å². The van der Waals surface area contributed by atoms with Gasteiger partial charge in [-0.05, 0) is 48.6 Å². The number of fused-ring (bicyclic) bond motifs is 1. The predicted octanol–water partition coefficient (Wildman–Crippen LogP) is 2.41. The molecule has 2 aromatic carbocycles. The fourth-order valence-corrected chi connectivity index (χ4v) is 2.28. The Hall–Kier alpha value is -1.59. The van der Waals surface area contributed by atoms with Crippen LogP contribution in [0.1, 0.15) is 11.1 Å². The largest absolute Gasteiger partial charge is 0.507 e. The third kappa shape index (κ3) is 1.99. The second-order valence-electron chi connectivity index (χ2n) is 4.03. The highest BCUT2D eigenvalue weighted by molar-refractivity contribution is 7.85. The summed E-state index contributed by atoms with van der Waals surface area (Å²) in [6.07, 6.45) is 0. The molecule has 0 aliphatic heterocycles. The van der Waals surface area contributed by atoms with Crippen LogP contribution in [0.25, 0.3) is 10.8 Å². The van der Waals surface area contributed by atoms with Gasteiger partial charge in [0.15, 0.2) is 0 Å². The number of hydrogen-bond donors (Lipinski definition) is 2. The molecule has 0 radical (unpaired) electrons. The van der Waals surface area contributed by atoms with Crippen molar-refractivity contribution in [1.82, 2.24) is 0 Å². The minimum atomic E-state index is -4.21. The average Bonchev–Trinajstić information content (AvgIpc) is 2.24. The van der Waals surface area contributed by atoms with Crippen LogP contribution in [0.15, 0.2) is 29.2 Å². The Balaban J connectivity index is 2.85. The molecule has 0 bridgehead atoms. The molecule has 0 fully saturated rings. The van der Waals surface area contributed by atoms with Gasteiger partial charge in [0.25, 0.3) is 10.1 Å². The number of hydrogen-bond acceptors (Lipinski definition) is 3. The van der Waals surface area contributed by atoms with Gasteiger partial charge in [0.05, 0.1) is 4.90 Å². The first-order chi connectivity index (χ1) is 7.80. The van der Waals surface area contributed by atoms with Gasteiger partial charge in [-0.3, -0.25) is 4.55 Å². The van der Waals surface area contributed by atoms with E-state index in [4.69, 9.17) is 4.55 Å². The zero-order valence-electron chi connectivity index (χ0n) is 9.43. The quantitative estimate of drug-likeness (QED) is 0.764. The molecular formula is C12H12O4S. The summed E-state index contributed by atoms with van der Waals surface area (Å²) in [5.41, 5.74) is 1.62. The third-order valence-corrected chi connectivity index (χ3v) is 3.74. The zero-order chi connectivity index (χ0) is 12.8. The Bertz CT molecular complexity index is 702. The van der Waals surface area contributed by atoms with Gasteiger partial charge in [0, 0.05) is 5.39 Å². The van der Waals surface area contributed by atoms with Crippen LogP contribution >= 0.6 is 0 Å². The predicted molar refractivity (Wildman–Crippen MR) is 64.9 cm³/mol. The topological polar surface area (TPSA) is 74.6 Å². The van der Waals surface area contributed by atoms with Crippen molar-refractivity contribution in [2.45, 2.75) is 18.7 Å². The third-order valence-electron chi connectivity index (χ3n) is 2.89. The van der Waals surface area contributed by atoms with Crippen molar-refractivity contribution in [2.24, 2.45) is 0 Å². The van der Waals surface area contributed by atoms with Crippen molar-refractivity contribution in [3.63, 3.8) is 0 Å². The summed E-state index contributed by atoms with van der Waals surface area (Å²) in [4.78, 5) is -0.173. The number of rotatable bonds is 1. The van der Waals surface area contributed by atoms with E-state index in [1.165, 1.54) is 18.2 Å². The standard InChI is InChI=1S/C12H12O4S/c1-7-5-9-6-10(17(14,15)16)3-4-11(9)12(13)8(7)2/h3-6,13H,1-2H3,(H,14,15,16). The monoisotopic (exact) mass is 252 g/mol. The Labute approximate surface area is 99.3 Å². The van der Waals surface area contributed by atoms with Gasteiger partial charge in [-0.2, -0.15) is 8.42 Å². The molecule has 0 saturated heterocycles. The molecule has 2 N–H and O–H groups in total. The molecule has 0 atom stereocenters. The number of phenolic OH excluding ortho intramolecular Hbond substituents is 1. The maximum Gasteiger partial charge on any atom is 0.294 e. The molecule has 0 amide bonds. The molecule has 5 heteroatoms. The normalized spacial score (nSPS) is 11.9. The molecule has 0 saturated carbocycles. The summed E-state index contributed by atoms with van der Waals surface area (Å²) in [6, 6.07) is 5.88. The minimum Gasteiger partial charge on any atom is -0.507 e. The van der Waals surface area contributed by atoms with E-state index < -0.39 is 10.1 Å². The molecule has 0 aliphatic rings. The van der Waals surface area contributed by atoms with Crippen molar-refractivity contribution < 1.29 is 18.1 Å². The highest BCUT2D eigenvalue weighted by atomic mass is 32.2. The lowest BCUT2D eigenvalue weighted by molar-refractivity contribution is 0.476. The van der Waals surface area contributed by atoms with Crippen molar-refractivity contribution in [1.29, 1.82) is 0 Å². The lowest BCUT2D eigenvalue weighted by atomic mass is 10.0. The molecule has 0 aliphatic carbocycles. The summed E-state index contributed by atoms with van der Waals surface area (Å²) < 4.78 is 31.0. The van der Waals surface area contributed by atoms with E-state index in [9.17, 15) is 13.5 Å². The lowest BCUT2D eigenvalue weighted by Crippen LogP contribution is -1.97. The molecule has 0 unspecified atom stereocenters. The summed E-state index contributed by atoms with van der Waals surface area (Å²) in [6.45, 7) is 3.62. The first kappa shape index (κ1) is 11.9. The van der Waals surface area contributed by atoms with E-state index in [0.717, 1.165) is 11.1 Å². The van der Waals surface area contributed by atoms with Crippen LogP contribution in [0.5, 0.6) is 5.75 Å². The van der Waals surface area contributed by atoms with Gasteiger partial charge in [-0.1, -0.05) is 6.07 Å². The van der Waals surface area contributed by atoms with E-state index in [1.54, 1.807) is 13.0 Å². The molecule has 4 nitrogen and oxygen atoms in total. The molecular weight excluding hydrogens is 240 g/mol. The molecule has 2 aromatic rings. The van der Waals surface area contributed by atoms with Gasteiger partial charge in [-0.25, -0.2) is 0 Å². The summed E-state index contributed by atoms with van der Waals surface area (Å²) >= 11 is 0. The van der Waals surface area contributed by atoms with Crippen LogP contribution < -0.4 is 0 Å². The van der Waals surface area contributed by atoms with E-state index in [1.807, 2.05) is 6.92 Å². The fraction of sp³-hybridized carbons (Fsp3) is 0.167. The van der Waals surface area contributed by atoms with Gasteiger partial charge in [0.2, 0.25) is 0 Å². The van der Waals surface area contributed by atoms with Crippen LogP contribution in [-0.2, 0) is 10.1 Å². The first-order valence-corrected chi connectivity index (χ1v) is 6.45. The lowest BCUT2D eigenvalue weighted by Gasteiger charge is -2.08. The van der Waals surface area contributed by atoms with Gasteiger partial charge >= 0.3 is 0 Å². The zero-order valence-corrected chi connectivity index (χ0v) is 10.2. The molecule has 0 spiro atoms. The number of phenols is 1. The first-order valence-electron chi connectivity index (χ1n) is 5.01. The molecule has 2 rings (SSSR count). The van der Waals surface area contributed by atoms with Crippen LogP contribution in [0.4, 0.5) is 0 Å². The Morgan fingerprint density at radius 3 is 2.35 bits per heavy atom. The Morgan fingerprint density at radius 1 is 1.12 bits per heavy atom. The molecule has 17 heavy (non-hydrogen) atoms. The number of benzene rings is 2. The van der Waals surface area contributed by atoms with Crippen molar-refractivity contribution in [3.8, 4) is 5.75 Å². The minimum absolute atomic E-state index is 0.141. The molecule has 0 heterocycles. The summed E-state index contributed by atoms with van der Waals surface area (Å²) in [5, 5.41) is 11.1.